The topological polar surface area (TPSA) is 59.6 Å². The van der Waals surface area contributed by atoms with E-state index in [-0.39, 0.29) is 6.03 Å². The predicted octanol–water partition coefficient (Wildman–Crippen LogP) is 3.02. The second-order valence-electron chi connectivity index (χ2n) is 5.84. The number of nitrogens with one attached hydrogen (secondary N) is 2. The zero-order valence-corrected chi connectivity index (χ0v) is 13.0. The summed E-state index contributed by atoms with van der Waals surface area (Å²) in [5.74, 6) is 1.36. The highest BCUT2D eigenvalue weighted by molar-refractivity contribution is 5.89. The van der Waals surface area contributed by atoms with Crippen molar-refractivity contribution in [2.75, 3.05) is 18.5 Å². The van der Waals surface area contributed by atoms with Gasteiger partial charge >= 0.3 is 6.03 Å². The molecule has 6 heteroatoms. The molecule has 0 saturated heterocycles. The molecule has 0 atom stereocenters. The second-order valence-corrected chi connectivity index (χ2v) is 5.84. The fraction of sp³-hybridized carbons (Fsp3) is 0.278. The van der Waals surface area contributed by atoms with Crippen molar-refractivity contribution >= 4 is 11.7 Å². The molecule has 0 aliphatic carbocycles. The summed E-state index contributed by atoms with van der Waals surface area (Å²) in [5.41, 5.74) is 3.61. The van der Waals surface area contributed by atoms with Crippen LogP contribution in [0.4, 0.5) is 14.9 Å². The van der Waals surface area contributed by atoms with E-state index in [0.29, 0.717) is 25.4 Å². The van der Waals surface area contributed by atoms with Crippen molar-refractivity contribution in [1.29, 1.82) is 0 Å². The molecular formula is C18H17FN2O3. The van der Waals surface area contributed by atoms with Gasteiger partial charge in [0.1, 0.15) is 17.3 Å². The van der Waals surface area contributed by atoms with Crippen LogP contribution in [0.15, 0.2) is 30.3 Å². The maximum absolute atomic E-state index is 13.2. The molecule has 2 aliphatic rings. The molecule has 24 heavy (non-hydrogen) atoms. The van der Waals surface area contributed by atoms with E-state index in [1.807, 2.05) is 6.07 Å². The van der Waals surface area contributed by atoms with Gasteiger partial charge in [0.05, 0.1) is 13.2 Å². The molecule has 2 aromatic carbocycles. The molecule has 2 heterocycles. The number of hydrogen-bond donors (Lipinski definition) is 2. The molecule has 2 aromatic rings. The molecule has 2 aliphatic heterocycles. The number of carbonyl (C=O) groups is 1. The molecule has 2 N–H and O–H groups in total. The van der Waals surface area contributed by atoms with Crippen LogP contribution in [0.5, 0.6) is 11.5 Å². The highest BCUT2D eigenvalue weighted by Crippen LogP contribution is 2.40. The highest BCUT2D eigenvalue weighted by Gasteiger charge is 2.26. The van der Waals surface area contributed by atoms with Gasteiger partial charge in [0.15, 0.2) is 0 Å². The number of amides is 2. The summed E-state index contributed by atoms with van der Waals surface area (Å²) in [6, 6.07) is 7.45. The molecule has 0 bridgehead atoms. The van der Waals surface area contributed by atoms with Gasteiger partial charge in [-0.15, -0.1) is 0 Å². The van der Waals surface area contributed by atoms with Gasteiger partial charge in [-0.25, -0.2) is 9.18 Å². The first-order valence-electron chi connectivity index (χ1n) is 7.94. The smallest absolute Gasteiger partial charge is 0.319 e. The second kappa shape index (κ2) is 6.03. The third kappa shape index (κ3) is 2.75. The predicted molar refractivity (Wildman–Crippen MR) is 87.1 cm³/mol. The van der Waals surface area contributed by atoms with Gasteiger partial charge in [0, 0.05) is 41.8 Å². The number of carbonyl (C=O) groups excluding carboxylic acids is 1. The average Bonchev–Trinajstić information content (AvgIpc) is 3.20. The van der Waals surface area contributed by atoms with Crippen LogP contribution < -0.4 is 20.1 Å². The van der Waals surface area contributed by atoms with E-state index in [9.17, 15) is 9.18 Å². The third-order valence-corrected chi connectivity index (χ3v) is 4.27. The number of rotatable bonds is 3. The zero-order valence-electron chi connectivity index (χ0n) is 13.0. The zero-order chi connectivity index (χ0) is 16.5. The lowest BCUT2D eigenvalue weighted by Gasteiger charge is -2.14. The largest absolute Gasteiger partial charge is 0.493 e. The van der Waals surface area contributed by atoms with Gasteiger partial charge in [-0.3, -0.25) is 0 Å². The van der Waals surface area contributed by atoms with Gasteiger partial charge in [-0.2, -0.15) is 0 Å². The molecule has 2 amide bonds. The number of fused-ring (bicyclic) bond motifs is 2. The Morgan fingerprint density at radius 1 is 1.17 bits per heavy atom. The Balaban J connectivity index is 1.49. The SMILES string of the molecule is O=C(NCc1c2c(cc3c1OCC3)OCC2)Nc1cccc(F)c1. The van der Waals surface area contributed by atoms with E-state index in [2.05, 4.69) is 10.6 Å². The Kier molecular flexibility index (Phi) is 3.72. The summed E-state index contributed by atoms with van der Waals surface area (Å²) < 4.78 is 24.6. The minimum absolute atomic E-state index is 0.343. The van der Waals surface area contributed by atoms with Gasteiger partial charge in [0.2, 0.25) is 0 Å². The van der Waals surface area contributed by atoms with Crippen LogP contribution in [0.1, 0.15) is 16.7 Å². The van der Waals surface area contributed by atoms with Crippen molar-refractivity contribution in [3.05, 3.63) is 52.8 Å². The first-order valence-corrected chi connectivity index (χ1v) is 7.94. The Morgan fingerprint density at radius 3 is 2.92 bits per heavy atom. The van der Waals surface area contributed by atoms with Crippen molar-refractivity contribution in [3.8, 4) is 11.5 Å². The average molecular weight is 328 g/mol. The van der Waals surface area contributed by atoms with E-state index in [4.69, 9.17) is 9.47 Å². The maximum Gasteiger partial charge on any atom is 0.319 e. The van der Waals surface area contributed by atoms with Crippen LogP contribution in [0.25, 0.3) is 0 Å². The van der Waals surface area contributed by atoms with Gasteiger partial charge in [-0.1, -0.05) is 6.07 Å². The molecule has 0 spiro atoms. The summed E-state index contributed by atoms with van der Waals surface area (Å²) in [6.07, 6.45) is 1.67. The molecule has 0 unspecified atom stereocenters. The summed E-state index contributed by atoms with van der Waals surface area (Å²) in [6.45, 7) is 1.65. The number of hydrogen-bond acceptors (Lipinski definition) is 3. The summed E-state index contributed by atoms with van der Waals surface area (Å²) in [4.78, 5) is 12.1. The van der Waals surface area contributed by atoms with Crippen LogP contribution in [0, 0.1) is 5.82 Å². The molecule has 0 radical (unpaired) electrons. The minimum atomic E-state index is -0.392. The maximum atomic E-state index is 13.2. The van der Waals surface area contributed by atoms with E-state index >= 15 is 0 Å². The molecule has 0 fully saturated rings. The Labute approximate surface area is 138 Å². The van der Waals surface area contributed by atoms with Crippen LogP contribution in [-0.2, 0) is 19.4 Å². The van der Waals surface area contributed by atoms with Crippen LogP contribution >= 0.6 is 0 Å². The summed E-state index contributed by atoms with van der Waals surface area (Å²) in [7, 11) is 0. The fourth-order valence-corrected chi connectivity index (χ4v) is 3.18. The Bertz CT molecular complexity index is 775. The van der Waals surface area contributed by atoms with Gasteiger partial charge in [-0.05, 0) is 24.3 Å². The Hall–Kier alpha value is -2.76. The van der Waals surface area contributed by atoms with Crippen molar-refractivity contribution < 1.29 is 18.7 Å². The fourth-order valence-electron chi connectivity index (χ4n) is 3.18. The summed E-state index contributed by atoms with van der Waals surface area (Å²) in [5, 5.41) is 5.44. The van der Waals surface area contributed by atoms with Crippen molar-refractivity contribution in [2.24, 2.45) is 0 Å². The monoisotopic (exact) mass is 328 g/mol. The van der Waals surface area contributed by atoms with E-state index in [0.717, 1.165) is 41.0 Å². The summed E-state index contributed by atoms with van der Waals surface area (Å²) >= 11 is 0. The van der Waals surface area contributed by atoms with Crippen LogP contribution in [-0.4, -0.2) is 19.2 Å². The first kappa shape index (κ1) is 14.8. The number of anilines is 1. The third-order valence-electron chi connectivity index (χ3n) is 4.27. The molecule has 5 nitrogen and oxygen atoms in total. The van der Waals surface area contributed by atoms with E-state index in [1.165, 1.54) is 12.1 Å². The first-order chi connectivity index (χ1) is 11.7. The molecule has 4 rings (SSSR count). The van der Waals surface area contributed by atoms with Crippen LogP contribution in [0.2, 0.25) is 0 Å². The molecular weight excluding hydrogens is 311 g/mol. The van der Waals surface area contributed by atoms with E-state index in [1.54, 1.807) is 12.1 Å². The van der Waals surface area contributed by atoms with E-state index < -0.39 is 5.82 Å². The molecule has 0 aromatic heterocycles. The normalized spacial score (nSPS) is 14.4. The standard InChI is InChI=1S/C18H17FN2O3/c19-12-2-1-3-13(9-12)21-18(22)20-10-15-14-5-7-23-16(14)8-11-4-6-24-17(11)15/h1-3,8-9H,4-7,10H2,(H2,20,21,22). The number of urea groups is 1. The lowest BCUT2D eigenvalue weighted by Crippen LogP contribution is -2.28. The number of ether oxygens (including phenoxy) is 2. The quantitative estimate of drug-likeness (QED) is 0.910. The van der Waals surface area contributed by atoms with Crippen LogP contribution in [0.3, 0.4) is 0 Å². The van der Waals surface area contributed by atoms with Crippen molar-refractivity contribution in [2.45, 2.75) is 19.4 Å². The highest BCUT2D eigenvalue weighted by atomic mass is 19.1. The Morgan fingerprint density at radius 2 is 2.04 bits per heavy atom. The number of benzene rings is 2. The lowest BCUT2D eigenvalue weighted by atomic mass is 9.99. The number of halogens is 1. The molecule has 0 saturated carbocycles. The lowest BCUT2D eigenvalue weighted by molar-refractivity contribution is 0.251. The van der Waals surface area contributed by atoms with Gasteiger partial charge in [0.25, 0.3) is 0 Å². The van der Waals surface area contributed by atoms with Gasteiger partial charge < -0.3 is 20.1 Å². The minimum Gasteiger partial charge on any atom is -0.493 e. The van der Waals surface area contributed by atoms with Crippen molar-refractivity contribution in [1.82, 2.24) is 5.32 Å². The molecule has 124 valence electrons. The van der Waals surface area contributed by atoms with Crippen molar-refractivity contribution in [3.63, 3.8) is 0 Å².